The normalized spacial score (nSPS) is 19.3. The highest BCUT2D eigenvalue weighted by molar-refractivity contribution is 7.09. The van der Waals surface area contributed by atoms with Gasteiger partial charge in [0, 0.05) is 18.3 Å². The van der Waals surface area contributed by atoms with E-state index in [0.29, 0.717) is 0 Å². The first kappa shape index (κ1) is 14.0. The molecule has 0 aliphatic carbocycles. The van der Waals surface area contributed by atoms with Crippen molar-refractivity contribution in [2.45, 2.75) is 45.6 Å². The lowest BCUT2D eigenvalue weighted by Gasteiger charge is -2.29. The molecule has 0 amide bonds. The predicted octanol–water partition coefficient (Wildman–Crippen LogP) is 2.64. The van der Waals surface area contributed by atoms with Crippen molar-refractivity contribution < 1.29 is 5.11 Å². The average molecular weight is 268 g/mol. The van der Waals surface area contributed by atoms with Crippen LogP contribution in [0.4, 0.5) is 0 Å². The summed E-state index contributed by atoms with van der Waals surface area (Å²) < 4.78 is 0. The topological polar surface area (TPSA) is 36.4 Å². The van der Waals surface area contributed by atoms with Gasteiger partial charge in [-0.05, 0) is 45.7 Å². The monoisotopic (exact) mass is 268 g/mol. The summed E-state index contributed by atoms with van der Waals surface area (Å²) in [5.74, 6) is 0.892. The van der Waals surface area contributed by atoms with Crippen LogP contribution in [0.15, 0.2) is 5.38 Å². The van der Waals surface area contributed by atoms with Gasteiger partial charge >= 0.3 is 0 Å². The number of piperidine rings is 1. The van der Waals surface area contributed by atoms with E-state index in [1.165, 1.54) is 25.9 Å². The summed E-state index contributed by atoms with van der Waals surface area (Å²) in [5, 5.41) is 13.0. The van der Waals surface area contributed by atoms with Gasteiger partial charge in [0.05, 0.1) is 10.7 Å². The van der Waals surface area contributed by atoms with Crippen molar-refractivity contribution in [3.8, 4) is 0 Å². The van der Waals surface area contributed by atoms with E-state index in [2.05, 4.69) is 16.8 Å². The van der Waals surface area contributed by atoms with E-state index in [4.69, 9.17) is 0 Å². The molecule has 0 atom stereocenters. The van der Waals surface area contributed by atoms with Crippen LogP contribution >= 0.6 is 11.3 Å². The number of hydrogen-bond donors (Lipinski definition) is 1. The Morgan fingerprint density at radius 1 is 1.44 bits per heavy atom. The highest BCUT2D eigenvalue weighted by atomic mass is 32.1. The van der Waals surface area contributed by atoms with E-state index in [-0.39, 0.29) is 0 Å². The summed E-state index contributed by atoms with van der Waals surface area (Å²) in [7, 11) is 0. The van der Waals surface area contributed by atoms with Gasteiger partial charge in [-0.3, -0.25) is 0 Å². The number of hydrogen-bond acceptors (Lipinski definition) is 4. The molecule has 0 unspecified atom stereocenters. The van der Waals surface area contributed by atoms with Crippen molar-refractivity contribution in [1.29, 1.82) is 0 Å². The van der Waals surface area contributed by atoms with E-state index >= 15 is 0 Å². The number of aliphatic hydroxyl groups is 1. The Bertz CT molecular complexity index is 375. The second-order valence-corrected chi connectivity index (χ2v) is 6.90. The molecular weight excluding hydrogens is 244 g/mol. The summed E-state index contributed by atoms with van der Waals surface area (Å²) in [4.78, 5) is 7.06. The molecule has 0 saturated carbocycles. The number of thiazole rings is 1. The van der Waals surface area contributed by atoms with Crippen LogP contribution in [0.2, 0.25) is 0 Å². The van der Waals surface area contributed by atoms with E-state index in [9.17, 15) is 5.11 Å². The van der Waals surface area contributed by atoms with Crippen molar-refractivity contribution >= 4 is 11.3 Å². The van der Waals surface area contributed by atoms with E-state index in [1.807, 2.05) is 5.38 Å². The van der Waals surface area contributed by atoms with Crippen LogP contribution in [0.25, 0.3) is 0 Å². The minimum absolute atomic E-state index is 0.801. The van der Waals surface area contributed by atoms with Gasteiger partial charge in [-0.25, -0.2) is 4.98 Å². The van der Waals surface area contributed by atoms with Gasteiger partial charge in [0.25, 0.3) is 0 Å². The third-order valence-corrected chi connectivity index (χ3v) is 4.61. The smallest absolute Gasteiger partial charge is 0.102 e. The van der Waals surface area contributed by atoms with Gasteiger partial charge in [-0.15, -0.1) is 11.3 Å². The lowest BCUT2D eigenvalue weighted by molar-refractivity contribution is 0.0743. The third-order valence-electron chi connectivity index (χ3n) is 3.70. The molecule has 1 N–H and O–H groups in total. The lowest BCUT2D eigenvalue weighted by atomic mass is 9.99. The zero-order valence-corrected chi connectivity index (χ0v) is 12.5. The molecule has 18 heavy (non-hydrogen) atoms. The Morgan fingerprint density at radius 2 is 2.11 bits per heavy atom. The number of aromatic nitrogens is 1. The van der Waals surface area contributed by atoms with Gasteiger partial charge in [-0.1, -0.05) is 6.92 Å². The van der Waals surface area contributed by atoms with Gasteiger partial charge in [0.15, 0.2) is 0 Å². The maximum atomic E-state index is 9.88. The van der Waals surface area contributed by atoms with Gasteiger partial charge < -0.3 is 10.0 Å². The molecule has 0 bridgehead atoms. The third kappa shape index (κ3) is 3.77. The summed E-state index contributed by atoms with van der Waals surface area (Å²) in [6.45, 7) is 9.48. The lowest BCUT2D eigenvalue weighted by Crippen LogP contribution is -2.34. The van der Waals surface area contributed by atoms with Crippen LogP contribution < -0.4 is 0 Å². The minimum Gasteiger partial charge on any atom is -0.384 e. The molecule has 1 aromatic rings. The van der Waals surface area contributed by atoms with E-state index in [0.717, 1.165) is 29.6 Å². The molecule has 0 spiro atoms. The largest absolute Gasteiger partial charge is 0.384 e. The molecule has 0 radical (unpaired) electrons. The van der Waals surface area contributed by atoms with Crippen LogP contribution in [0.5, 0.6) is 0 Å². The van der Waals surface area contributed by atoms with Gasteiger partial charge in [0.2, 0.25) is 0 Å². The number of rotatable bonds is 4. The van der Waals surface area contributed by atoms with Gasteiger partial charge in [-0.2, -0.15) is 0 Å². The number of likely N-dealkylation sites (tertiary alicyclic amines) is 1. The molecule has 2 rings (SSSR count). The molecule has 1 saturated heterocycles. The Labute approximate surface area is 114 Å². The summed E-state index contributed by atoms with van der Waals surface area (Å²) in [6, 6.07) is 0. The highest BCUT2D eigenvalue weighted by Crippen LogP contribution is 2.22. The molecule has 2 heterocycles. The van der Waals surface area contributed by atoms with Crippen LogP contribution in [0.1, 0.15) is 44.3 Å². The zero-order valence-electron chi connectivity index (χ0n) is 11.6. The zero-order chi connectivity index (χ0) is 13.2. The molecule has 1 aliphatic heterocycles. The second kappa shape index (κ2) is 5.68. The second-order valence-electron chi connectivity index (χ2n) is 5.96. The molecule has 1 aromatic heterocycles. The first-order valence-corrected chi connectivity index (χ1v) is 7.73. The van der Waals surface area contributed by atoms with E-state index < -0.39 is 5.60 Å². The maximum Gasteiger partial charge on any atom is 0.102 e. The molecule has 4 heteroatoms. The SMILES string of the molecule is CC1CCN(CCc2nc(C(C)(C)O)cs2)CC1. The van der Waals surface area contributed by atoms with Crippen LogP contribution in [-0.2, 0) is 12.0 Å². The van der Waals surface area contributed by atoms with Crippen LogP contribution in [-0.4, -0.2) is 34.6 Å². The van der Waals surface area contributed by atoms with Crippen molar-refractivity contribution in [2.75, 3.05) is 19.6 Å². The average Bonchev–Trinajstić information content (AvgIpc) is 2.77. The van der Waals surface area contributed by atoms with Crippen molar-refractivity contribution in [2.24, 2.45) is 5.92 Å². The molecule has 102 valence electrons. The Hall–Kier alpha value is -0.450. The van der Waals surface area contributed by atoms with Crippen molar-refractivity contribution in [3.05, 3.63) is 16.1 Å². The van der Waals surface area contributed by atoms with Gasteiger partial charge in [0.1, 0.15) is 5.60 Å². The molecule has 0 aromatic carbocycles. The Balaban J connectivity index is 1.82. The first-order valence-electron chi connectivity index (χ1n) is 6.85. The van der Waals surface area contributed by atoms with Crippen LogP contribution in [0.3, 0.4) is 0 Å². The first-order chi connectivity index (χ1) is 8.45. The molecule has 1 fully saturated rings. The Kier molecular flexibility index (Phi) is 4.41. The van der Waals surface area contributed by atoms with Crippen molar-refractivity contribution in [1.82, 2.24) is 9.88 Å². The Morgan fingerprint density at radius 3 is 2.67 bits per heavy atom. The number of nitrogens with zero attached hydrogens (tertiary/aromatic N) is 2. The van der Waals surface area contributed by atoms with E-state index in [1.54, 1.807) is 25.2 Å². The quantitative estimate of drug-likeness (QED) is 0.912. The molecular formula is C14H24N2OS. The maximum absolute atomic E-state index is 9.88. The fraction of sp³-hybridized carbons (Fsp3) is 0.786. The molecule has 3 nitrogen and oxygen atoms in total. The minimum atomic E-state index is -0.810. The standard InChI is InChI=1S/C14H24N2OS/c1-11-4-7-16(8-5-11)9-6-13-15-12(10-18-13)14(2,3)17/h10-11,17H,4-9H2,1-3H3. The highest BCUT2D eigenvalue weighted by Gasteiger charge is 2.20. The summed E-state index contributed by atoms with van der Waals surface area (Å²) in [5.41, 5.74) is -0.00950. The predicted molar refractivity (Wildman–Crippen MR) is 75.9 cm³/mol. The fourth-order valence-electron chi connectivity index (χ4n) is 2.25. The fourth-order valence-corrected chi connectivity index (χ4v) is 3.20. The van der Waals surface area contributed by atoms with Crippen LogP contribution in [0, 0.1) is 5.92 Å². The summed E-state index contributed by atoms with van der Waals surface area (Å²) >= 11 is 1.67. The van der Waals surface area contributed by atoms with Crippen molar-refractivity contribution in [3.63, 3.8) is 0 Å². The molecule has 1 aliphatic rings. The summed E-state index contributed by atoms with van der Waals surface area (Å²) in [6.07, 6.45) is 3.66.